The van der Waals surface area contributed by atoms with Gasteiger partial charge in [0, 0.05) is 19.5 Å². The molecule has 2 fully saturated rings. The summed E-state index contributed by atoms with van der Waals surface area (Å²) in [5.74, 6) is -1.05. The third kappa shape index (κ3) is 0.980. The molecule has 0 aromatic carbocycles. The predicted octanol–water partition coefficient (Wildman–Crippen LogP) is 1.04. The molecule has 2 atom stereocenters. The number of amides is 1. The molecule has 0 unspecified atom stereocenters. The number of rotatable bonds is 1. The van der Waals surface area contributed by atoms with Gasteiger partial charge in [-0.05, 0) is 18.3 Å². The van der Waals surface area contributed by atoms with E-state index < -0.39 is 22.0 Å². The lowest BCUT2D eigenvalue weighted by Crippen LogP contribution is -2.50. The zero-order valence-electron chi connectivity index (χ0n) is 11.1. The molecule has 1 amide bonds. The Labute approximate surface area is 101 Å². The molecule has 0 radical (unpaired) electrons. The van der Waals surface area contributed by atoms with Crippen LogP contribution >= 0.6 is 0 Å². The maximum absolute atomic E-state index is 12.4. The summed E-state index contributed by atoms with van der Waals surface area (Å²) in [6.45, 7) is 5.58. The van der Waals surface area contributed by atoms with Crippen LogP contribution in [0, 0.1) is 16.2 Å². The first kappa shape index (κ1) is 12.3. The molecule has 2 saturated carbocycles. The van der Waals surface area contributed by atoms with E-state index in [-0.39, 0.29) is 11.7 Å². The Morgan fingerprint density at radius 2 is 1.59 bits per heavy atom. The van der Waals surface area contributed by atoms with Gasteiger partial charge < -0.3 is 4.90 Å². The smallest absolute Gasteiger partial charge is 0.236 e. The maximum Gasteiger partial charge on any atom is 0.236 e. The van der Waals surface area contributed by atoms with Gasteiger partial charge in [-0.3, -0.25) is 14.4 Å². The van der Waals surface area contributed by atoms with Crippen LogP contribution in [-0.2, 0) is 14.4 Å². The molecule has 0 N–H and O–H groups in total. The molecule has 4 heteroatoms. The van der Waals surface area contributed by atoms with Crippen molar-refractivity contribution in [3.63, 3.8) is 0 Å². The van der Waals surface area contributed by atoms with Crippen LogP contribution in [0.4, 0.5) is 0 Å². The lowest BCUT2D eigenvalue weighted by molar-refractivity contribution is -0.153. The number of hydrogen-bond acceptors (Lipinski definition) is 3. The fourth-order valence-electron chi connectivity index (χ4n) is 3.63. The summed E-state index contributed by atoms with van der Waals surface area (Å²) >= 11 is 0. The van der Waals surface area contributed by atoms with Gasteiger partial charge in [0.05, 0.1) is 0 Å². The van der Waals surface area contributed by atoms with Crippen molar-refractivity contribution >= 4 is 17.5 Å². The van der Waals surface area contributed by atoms with Gasteiger partial charge >= 0.3 is 0 Å². The summed E-state index contributed by atoms with van der Waals surface area (Å²) < 4.78 is 0. The number of ketones is 2. The molecule has 17 heavy (non-hydrogen) atoms. The Balaban J connectivity index is 2.66. The van der Waals surface area contributed by atoms with E-state index in [1.807, 2.05) is 20.8 Å². The van der Waals surface area contributed by atoms with Gasteiger partial charge in [-0.25, -0.2) is 0 Å². The zero-order valence-corrected chi connectivity index (χ0v) is 11.1. The minimum Gasteiger partial charge on any atom is -0.348 e. The van der Waals surface area contributed by atoms with Crippen molar-refractivity contribution in [1.82, 2.24) is 4.90 Å². The van der Waals surface area contributed by atoms with Crippen LogP contribution < -0.4 is 0 Å². The van der Waals surface area contributed by atoms with Crippen molar-refractivity contribution in [3.05, 3.63) is 0 Å². The Hall–Kier alpha value is -1.19. The Morgan fingerprint density at radius 1 is 1.06 bits per heavy atom. The van der Waals surface area contributed by atoms with Gasteiger partial charge in [0.25, 0.3) is 0 Å². The van der Waals surface area contributed by atoms with E-state index in [0.717, 1.165) is 0 Å². The van der Waals surface area contributed by atoms with E-state index in [0.29, 0.717) is 12.8 Å². The van der Waals surface area contributed by atoms with Gasteiger partial charge in [0.15, 0.2) is 0 Å². The van der Waals surface area contributed by atoms with Crippen molar-refractivity contribution in [1.29, 1.82) is 0 Å². The van der Waals surface area contributed by atoms with Gasteiger partial charge in [-0.2, -0.15) is 0 Å². The minimum absolute atomic E-state index is 0.220. The summed E-state index contributed by atoms with van der Waals surface area (Å²) in [6, 6.07) is 0. The van der Waals surface area contributed by atoms with Gasteiger partial charge in [0.1, 0.15) is 5.41 Å². The minimum atomic E-state index is -1.12. The molecule has 0 aromatic heterocycles. The molecule has 0 heterocycles. The molecule has 2 aliphatic rings. The van der Waals surface area contributed by atoms with Crippen molar-refractivity contribution in [3.8, 4) is 0 Å². The van der Waals surface area contributed by atoms with Crippen molar-refractivity contribution < 1.29 is 14.4 Å². The van der Waals surface area contributed by atoms with Gasteiger partial charge in [-0.15, -0.1) is 0 Å². The van der Waals surface area contributed by atoms with Crippen LogP contribution in [0.3, 0.4) is 0 Å². The fraction of sp³-hybridized carbons (Fsp3) is 0.769. The molecule has 0 aromatic rings. The molecular weight excluding hydrogens is 218 g/mol. The normalized spacial score (nSPS) is 38.6. The fourth-order valence-corrected chi connectivity index (χ4v) is 3.63. The van der Waals surface area contributed by atoms with Crippen LogP contribution in [0.25, 0.3) is 0 Å². The zero-order chi connectivity index (χ0) is 13.2. The largest absolute Gasteiger partial charge is 0.348 e. The van der Waals surface area contributed by atoms with E-state index in [4.69, 9.17) is 0 Å². The molecular formula is C13H19NO3. The second-order valence-corrected chi connectivity index (χ2v) is 6.22. The number of Topliss-reactive ketones (excluding diaryl/α,β-unsaturated/α-hetero) is 2. The highest BCUT2D eigenvalue weighted by Crippen LogP contribution is 2.69. The number of carbonyl (C=O) groups excluding carboxylic acids is 3. The molecule has 2 rings (SSSR count). The van der Waals surface area contributed by atoms with E-state index in [9.17, 15) is 14.4 Å². The van der Waals surface area contributed by atoms with Gasteiger partial charge in [-0.1, -0.05) is 20.8 Å². The highest BCUT2D eigenvalue weighted by molar-refractivity contribution is 6.48. The van der Waals surface area contributed by atoms with E-state index >= 15 is 0 Å². The van der Waals surface area contributed by atoms with Crippen molar-refractivity contribution in [2.75, 3.05) is 14.1 Å². The second kappa shape index (κ2) is 2.98. The summed E-state index contributed by atoms with van der Waals surface area (Å²) in [6.07, 6.45) is 1.13. The Kier molecular flexibility index (Phi) is 2.15. The van der Waals surface area contributed by atoms with E-state index in [2.05, 4.69) is 0 Å². The van der Waals surface area contributed by atoms with Crippen LogP contribution in [-0.4, -0.2) is 36.5 Å². The van der Waals surface area contributed by atoms with Crippen molar-refractivity contribution in [2.45, 2.75) is 33.6 Å². The van der Waals surface area contributed by atoms with Gasteiger partial charge in [0.2, 0.25) is 17.5 Å². The lowest BCUT2D eigenvalue weighted by atomic mass is 9.64. The van der Waals surface area contributed by atoms with E-state index in [1.165, 1.54) is 4.90 Å². The molecule has 0 saturated heterocycles. The SMILES string of the molecule is CN(C)C(=O)[C@@]12CC[C@](C)(C(=O)C1=O)C2(C)C. The summed E-state index contributed by atoms with van der Waals surface area (Å²) in [5.41, 5.74) is -2.38. The standard InChI is InChI=1S/C13H19NO3/c1-11(2)12(3)6-7-13(11,9(16)8(12)15)10(17)14(4)5/h6-7H2,1-5H3/t12-,13-/m1/s1. The molecule has 2 bridgehead atoms. The number of fused-ring (bicyclic) bond motifs is 2. The first-order valence-corrected chi connectivity index (χ1v) is 5.94. The molecule has 2 aliphatic carbocycles. The molecule has 4 nitrogen and oxygen atoms in total. The van der Waals surface area contributed by atoms with E-state index in [1.54, 1.807) is 14.1 Å². The highest BCUT2D eigenvalue weighted by atomic mass is 16.2. The van der Waals surface area contributed by atoms with Crippen LogP contribution in [0.5, 0.6) is 0 Å². The second-order valence-electron chi connectivity index (χ2n) is 6.22. The molecule has 94 valence electrons. The molecule has 0 spiro atoms. The quantitative estimate of drug-likeness (QED) is 0.506. The third-order valence-corrected chi connectivity index (χ3v) is 5.31. The highest BCUT2D eigenvalue weighted by Gasteiger charge is 2.78. The Bertz CT molecular complexity index is 438. The average molecular weight is 237 g/mol. The topological polar surface area (TPSA) is 54.5 Å². The Morgan fingerprint density at radius 3 is 1.94 bits per heavy atom. The summed E-state index contributed by atoms with van der Waals surface area (Å²) in [4.78, 5) is 38.2. The average Bonchev–Trinajstić information content (AvgIpc) is 2.50. The first-order chi connectivity index (χ1) is 7.63. The van der Waals surface area contributed by atoms with Crippen LogP contribution in [0.15, 0.2) is 0 Å². The molecule has 0 aliphatic heterocycles. The number of hydrogen-bond donors (Lipinski definition) is 0. The summed E-state index contributed by atoms with van der Waals surface area (Å²) in [7, 11) is 3.28. The van der Waals surface area contributed by atoms with Crippen molar-refractivity contribution in [2.24, 2.45) is 16.2 Å². The van der Waals surface area contributed by atoms with Crippen LogP contribution in [0.1, 0.15) is 33.6 Å². The monoisotopic (exact) mass is 237 g/mol. The third-order valence-electron chi connectivity index (χ3n) is 5.31. The predicted molar refractivity (Wildman–Crippen MR) is 62.3 cm³/mol. The first-order valence-electron chi connectivity index (χ1n) is 5.94. The van der Waals surface area contributed by atoms with Crippen LogP contribution in [0.2, 0.25) is 0 Å². The number of nitrogens with zero attached hydrogens (tertiary/aromatic N) is 1. The number of carbonyl (C=O) groups is 3. The summed E-state index contributed by atoms with van der Waals surface area (Å²) in [5, 5.41) is 0. The lowest BCUT2D eigenvalue weighted by Gasteiger charge is -2.38. The maximum atomic E-state index is 12.4.